The second-order valence-electron chi connectivity index (χ2n) is 9.41. The van der Waals surface area contributed by atoms with E-state index in [1.54, 1.807) is 47.8 Å². The fourth-order valence-corrected chi connectivity index (χ4v) is 4.70. The molecule has 0 aliphatic heterocycles. The molecule has 0 atom stereocenters. The highest BCUT2D eigenvalue weighted by Crippen LogP contribution is 2.31. The van der Waals surface area contributed by atoms with Crippen LogP contribution in [0, 0.1) is 6.57 Å². The highest BCUT2D eigenvalue weighted by molar-refractivity contribution is 7.98. The Kier molecular flexibility index (Phi) is 12.8. The number of hydrogen-bond donors (Lipinski definition) is 2. The minimum Gasteiger partial charge on any atom is -0.458 e. The van der Waals surface area contributed by atoms with E-state index >= 15 is 0 Å². The van der Waals surface area contributed by atoms with Crippen molar-refractivity contribution in [2.75, 3.05) is 33.7 Å². The number of rotatable bonds is 11. The van der Waals surface area contributed by atoms with Gasteiger partial charge in [0.2, 0.25) is 5.91 Å². The van der Waals surface area contributed by atoms with Gasteiger partial charge in [-0.1, -0.05) is 12.1 Å². The Morgan fingerprint density at radius 1 is 0.833 bits per heavy atom. The summed E-state index contributed by atoms with van der Waals surface area (Å²) >= 11 is 3.38. The zero-order chi connectivity index (χ0) is 30.5. The summed E-state index contributed by atoms with van der Waals surface area (Å²) in [6.07, 6.45) is 4.08. The third-order valence-corrected chi connectivity index (χ3v) is 7.44. The highest BCUT2D eigenvalue weighted by Gasteiger charge is 2.10. The third-order valence-electron chi connectivity index (χ3n) is 5.95. The number of ether oxygens (including phenoxy) is 2. The molecule has 4 aromatic rings. The normalized spacial score (nSPS) is 10.4. The molecule has 0 unspecified atom stereocenters. The number of benzene rings is 4. The van der Waals surface area contributed by atoms with Gasteiger partial charge in [0, 0.05) is 39.6 Å². The van der Waals surface area contributed by atoms with Gasteiger partial charge in [0.15, 0.2) is 5.69 Å². The minimum absolute atomic E-state index is 0.441. The zero-order valence-corrected chi connectivity index (χ0v) is 26.1. The smallest absolute Gasteiger partial charge is 0.248 e. The molecule has 218 valence electrons. The Morgan fingerprint density at radius 2 is 1.40 bits per heavy atom. The number of amides is 1. The summed E-state index contributed by atoms with van der Waals surface area (Å²) in [5.41, 5.74) is 8.34. The molecular formula is C33H36N4O3S2. The molecule has 9 heteroatoms. The van der Waals surface area contributed by atoms with E-state index in [2.05, 4.69) is 15.1 Å². The van der Waals surface area contributed by atoms with Crippen LogP contribution >= 0.6 is 23.5 Å². The molecule has 4 rings (SSSR count). The van der Waals surface area contributed by atoms with Crippen LogP contribution in [0.15, 0.2) is 94.7 Å². The molecule has 0 heterocycles. The summed E-state index contributed by atoms with van der Waals surface area (Å²) in [6, 6.07) is 26.6. The van der Waals surface area contributed by atoms with E-state index in [0.717, 1.165) is 34.9 Å². The summed E-state index contributed by atoms with van der Waals surface area (Å²) in [6.45, 7) is 8.51. The second-order valence-corrected chi connectivity index (χ2v) is 11.2. The van der Waals surface area contributed by atoms with E-state index in [0.29, 0.717) is 23.5 Å². The number of hydrogen-bond acceptors (Lipinski definition) is 7. The van der Waals surface area contributed by atoms with E-state index < -0.39 is 5.91 Å². The van der Waals surface area contributed by atoms with Gasteiger partial charge in [0.1, 0.15) is 23.0 Å². The number of carbonyl (C=O) groups is 1. The summed E-state index contributed by atoms with van der Waals surface area (Å²) in [7, 11) is 5.87. The average molecular weight is 601 g/mol. The van der Waals surface area contributed by atoms with Gasteiger partial charge in [-0.25, -0.2) is 4.85 Å². The molecule has 1 amide bonds. The Hall–Kier alpha value is -3.94. The summed E-state index contributed by atoms with van der Waals surface area (Å²) in [5.74, 6) is 2.57. The summed E-state index contributed by atoms with van der Waals surface area (Å²) in [4.78, 5) is 19.2. The standard InChI is InChI=1S/C17H18N2OS.C16H18N2O2S/c1-18-14-6-5-13(12-19(2)3)17(11-14)20-15-7-9-16(21-4)10-8-15;1-18-10-12-9-11(16(17)19)3-8-15(12)20-13-4-6-14(21-2)7-5-13/h5-11H,12H2,2-4H3;3-9,18H,10H2,1-2H3,(H2,17,19). The van der Waals surface area contributed by atoms with Crippen molar-refractivity contribution in [1.29, 1.82) is 0 Å². The maximum Gasteiger partial charge on any atom is 0.248 e. The molecule has 0 spiro atoms. The Balaban J connectivity index is 0.000000230. The van der Waals surface area contributed by atoms with Gasteiger partial charge in [-0.15, -0.1) is 23.5 Å². The van der Waals surface area contributed by atoms with Crippen molar-refractivity contribution in [3.8, 4) is 23.0 Å². The first-order chi connectivity index (χ1) is 20.3. The van der Waals surface area contributed by atoms with Crippen molar-refractivity contribution in [2.24, 2.45) is 5.73 Å². The van der Waals surface area contributed by atoms with E-state index in [4.69, 9.17) is 21.8 Å². The van der Waals surface area contributed by atoms with E-state index in [1.807, 2.05) is 94.3 Å². The number of carbonyl (C=O) groups excluding carboxylic acids is 1. The zero-order valence-electron chi connectivity index (χ0n) is 24.5. The third kappa shape index (κ3) is 9.86. The van der Waals surface area contributed by atoms with E-state index in [1.165, 1.54) is 9.79 Å². The lowest BCUT2D eigenvalue weighted by Crippen LogP contribution is -2.13. The fourth-order valence-electron chi connectivity index (χ4n) is 3.88. The second kappa shape index (κ2) is 16.5. The molecule has 0 radical (unpaired) electrons. The number of nitrogens with one attached hydrogen (secondary N) is 1. The molecule has 0 fully saturated rings. The van der Waals surface area contributed by atoms with Crippen LogP contribution in [0.2, 0.25) is 0 Å². The molecule has 3 N–H and O–H groups in total. The van der Waals surface area contributed by atoms with Gasteiger partial charge in [-0.05, 0) is 106 Å². The Labute approximate surface area is 257 Å². The first-order valence-corrected chi connectivity index (χ1v) is 15.6. The number of thioether (sulfide) groups is 2. The van der Waals surface area contributed by atoms with Gasteiger partial charge in [0.25, 0.3) is 0 Å². The summed E-state index contributed by atoms with van der Waals surface area (Å²) in [5, 5.41) is 3.06. The van der Waals surface area contributed by atoms with Crippen LogP contribution in [0.3, 0.4) is 0 Å². The molecule has 7 nitrogen and oxygen atoms in total. The molecule has 0 bridgehead atoms. The lowest BCUT2D eigenvalue weighted by Gasteiger charge is -2.15. The Bertz CT molecular complexity index is 1500. The minimum atomic E-state index is -0.441. The van der Waals surface area contributed by atoms with Gasteiger partial charge < -0.3 is 25.4 Å². The van der Waals surface area contributed by atoms with Crippen LogP contribution in [0.25, 0.3) is 4.85 Å². The highest BCUT2D eigenvalue weighted by atomic mass is 32.2. The summed E-state index contributed by atoms with van der Waals surface area (Å²) < 4.78 is 11.9. The number of nitrogens with zero attached hydrogens (tertiary/aromatic N) is 2. The van der Waals surface area contributed by atoms with E-state index in [9.17, 15) is 4.79 Å². The van der Waals surface area contributed by atoms with Gasteiger partial charge in [-0.2, -0.15) is 0 Å². The van der Waals surface area contributed by atoms with Crippen LogP contribution in [0.4, 0.5) is 5.69 Å². The first-order valence-electron chi connectivity index (χ1n) is 13.1. The number of nitrogens with two attached hydrogens (primary N) is 1. The molecule has 0 saturated carbocycles. The predicted molar refractivity (Wildman–Crippen MR) is 174 cm³/mol. The van der Waals surface area contributed by atoms with Crippen molar-refractivity contribution in [3.63, 3.8) is 0 Å². The SMILES string of the molecule is CNCc1cc(C(N)=O)ccc1Oc1ccc(SC)cc1.[C-]#[N+]c1ccc(CN(C)C)c(Oc2ccc(SC)cc2)c1. The Morgan fingerprint density at radius 3 is 1.88 bits per heavy atom. The molecule has 0 aromatic heterocycles. The molecular weight excluding hydrogens is 565 g/mol. The molecule has 0 saturated heterocycles. The number of primary amides is 1. The van der Waals surface area contributed by atoms with Gasteiger partial charge in [-0.3, -0.25) is 4.79 Å². The largest absolute Gasteiger partial charge is 0.458 e. The van der Waals surface area contributed by atoms with Crippen LogP contribution in [0.5, 0.6) is 23.0 Å². The maximum absolute atomic E-state index is 11.3. The maximum atomic E-state index is 11.3. The van der Waals surface area contributed by atoms with Gasteiger partial charge >= 0.3 is 0 Å². The fraction of sp³-hybridized carbons (Fsp3) is 0.212. The molecule has 0 aliphatic carbocycles. The lowest BCUT2D eigenvalue weighted by molar-refractivity contribution is 0.1000. The van der Waals surface area contributed by atoms with Crippen molar-refractivity contribution >= 4 is 35.1 Å². The molecule has 42 heavy (non-hydrogen) atoms. The van der Waals surface area contributed by atoms with Crippen molar-refractivity contribution < 1.29 is 14.3 Å². The molecule has 0 aliphatic rings. The predicted octanol–water partition coefficient (Wildman–Crippen LogP) is 7.83. The van der Waals surface area contributed by atoms with Crippen molar-refractivity contribution in [3.05, 3.63) is 113 Å². The van der Waals surface area contributed by atoms with Crippen LogP contribution < -0.4 is 20.5 Å². The van der Waals surface area contributed by atoms with Crippen LogP contribution in [0.1, 0.15) is 21.5 Å². The van der Waals surface area contributed by atoms with Gasteiger partial charge in [0.05, 0.1) is 6.57 Å². The van der Waals surface area contributed by atoms with Crippen LogP contribution in [-0.2, 0) is 13.1 Å². The van der Waals surface area contributed by atoms with E-state index in [-0.39, 0.29) is 0 Å². The lowest BCUT2D eigenvalue weighted by atomic mass is 10.1. The monoisotopic (exact) mass is 600 g/mol. The molecule has 4 aromatic carbocycles. The quantitative estimate of drug-likeness (QED) is 0.134. The van der Waals surface area contributed by atoms with Crippen molar-refractivity contribution in [2.45, 2.75) is 22.9 Å². The van der Waals surface area contributed by atoms with Crippen LogP contribution in [-0.4, -0.2) is 44.5 Å². The van der Waals surface area contributed by atoms with Crippen molar-refractivity contribution in [1.82, 2.24) is 10.2 Å². The topological polar surface area (TPSA) is 81.2 Å². The first kappa shape index (κ1) is 32.6. The average Bonchev–Trinajstić information content (AvgIpc) is 3.00.